The fraction of sp³-hybridized carbons (Fsp3) is 0.778. The molecule has 2 aliphatic rings. The van der Waals surface area contributed by atoms with Crippen molar-refractivity contribution >= 4 is 11.7 Å². The highest BCUT2D eigenvalue weighted by molar-refractivity contribution is 5.82. The second-order valence-corrected chi connectivity index (χ2v) is 3.89. The summed E-state index contributed by atoms with van der Waals surface area (Å²) in [6.07, 6.45) is 1.41. The first-order valence-electron chi connectivity index (χ1n) is 4.44. The number of carbonyl (C=O) groups excluding carboxylic acids is 2. The van der Waals surface area contributed by atoms with E-state index >= 15 is 0 Å². The van der Waals surface area contributed by atoms with Gasteiger partial charge in [-0.3, -0.25) is 9.59 Å². The van der Waals surface area contributed by atoms with Gasteiger partial charge in [0.15, 0.2) is 0 Å². The Labute approximate surface area is 71.7 Å². The molecule has 0 aromatic heterocycles. The molecule has 0 radical (unpaired) electrons. The van der Waals surface area contributed by atoms with Gasteiger partial charge in [-0.2, -0.15) is 0 Å². The molecule has 0 N–H and O–H groups in total. The Bertz CT molecular complexity index is 221. The van der Waals surface area contributed by atoms with E-state index in [9.17, 15) is 9.59 Å². The molecule has 0 unspecified atom stereocenters. The maximum Gasteiger partial charge on any atom is 0.219 e. The summed E-state index contributed by atoms with van der Waals surface area (Å²) in [4.78, 5) is 23.9. The monoisotopic (exact) mass is 167 g/mol. The molecule has 1 saturated heterocycles. The second kappa shape index (κ2) is 2.57. The Morgan fingerprint density at radius 2 is 1.83 bits per heavy atom. The highest BCUT2D eigenvalue weighted by Gasteiger charge is 2.40. The summed E-state index contributed by atoms with van der Waals surface area (Å²) >= 11 is 0. The standard InChI is InChI=1S/C9H13NO2/c1-6(11)10-4-7-2-9(12)3-8(7)5-10/h7-8H,2-5H2,1H3/t7-,8-/m0/s1. The van der Waals surface area contributed by atoms with Crippen molar-refractivity contribution in [2.24, 2.45) is 11.8 Å². The van der Waals surface area contributed by atoms with E-state index in [4.69, 9.17) is 0 Å². The van der Waals surface area contributed by atoms with Gasteiger partial charge in [0.2, 0.25) is 5.91 Å². The van der Waals surface area contributed by atoms with Gasteiger partial charge in [-0.05, 0) is 11.8 Å². The maximum atomic E-state index is 11.0. The van der Waals surface area contributed by atoms with Gasteiger partial charge in [0.1, 0.15) is 5.78 Å². The van der Waals surface area contributed by atoms with Gasteiger partial charge < -0.3 is 4.90 Å². The number of likely N-dealkylation sites (tertiary alicyclic amines) is 1. The third kappa shape index (κ3) is 1.13. The molecule has 3 nitrogen and oxygen atoms in total. The van der Waals surface area contributed by atoms with E-state index in [1.165, 1.54) is 0 Å². The normalized spacial score (nSPS) is 34.1. The van der Waals surface area contributed by atoms with Crippen LogP contribution in [0.5, 0.6) is 0 Å². The smallest absolute Gasteiger partial charge is 0.219 e. The zero-order valence-corrected chi connectivity index (χ0v) is 7.25. The molecule has 2 rings (SSSR count). The van der Waals surface area contributed by atoms with Crippen molar-refractivity contribution in [2.45, 2.75) is 19.8 Å². The zero-order chi connectivity index (χ0) is 8.72. The van der Waals surface area contributed by atoms with E-state index < -0.39 is 0 Å². The van der Waals surface area contributed by atoms with Crippen LogP contribution >= 0.6 is 0 Å². The average Bonchev–Trinajstić information content (AvgIpc) is 2.42. The van der Waals surface area contributed by atoms with E-state index in [-0.39, 0.29) is 5.91 Å². The lowest BCUT2D eigenvalue weighted by Crippen LogP contribution is -2.27. The lowest BCUT2D eigenvalue weighted by Gasteiger charge is -2.13. The number of nitrogens with zero attached hydrogens (tertiary/aromatic N) is 1. The van der Waals surface area contributed by atoms with E-state index in [2.05, 4.69) is 0 Å². The molecule has 3 heteroatoms. The highest BCUT2D eigenvalue weighted by Crippen LogP contribution is 2.35. The van der Waals surface area contributed by atoms with Crippen molar-refractivity contribution in [1.82, 2.24) is 4.90 Å². The number of Topliss-reactive ketones (excluding diaryl/α,β-unsaturated/α-hetero) is 1. The van der Waals surface area contributed by atoms with Gasteiger partial charge in [0, 0.05) is 32.9 Å². The van der Waals surface area contributed by atoms with Crippen LogP contribution in [-0.4, -0.2) is 29.7 Å². The van der Waals surface area contributed by atoms with Crippen molar-refractivity contribution in [3.05, 3.63) is 0 Å². The first-order valence-corrected chi connectivity index (χ1v) is 4.44. The third-order valence-electron chi connectivity index (χ3n) is 3.00. The van der Waals surface area contributed by atoms with Gasteiger partial charge >= 0.3 is 0 Å². The molecule has 1 amide bonds. The molecular weight excluding hydrogens is 154 g/mol. The SMILES string of the molecule is CC(=O)N1C[C@@H]2CC(=O)C[C@H]2C1. The summed E-state index contributed by atoms with van der Waals surface area (Å²) < 4.78 is 0. The van der Waals surface area contributed by atoms with Crippen LogP contribution in [0.1, 0.15) is 19.8 Å². The van der Waals surface area contributed by atoms with Gasteiger partial charge in [-0.25, -0.2) is 0 Å². The van der Waals surface area contributed by atoms with E-state index in [0.717, 1.165) is 13.1 Å². The van der Waals surface area contributed by atoms with E-state index in [1.807, 2.05) is 4.90 Å². The van der Waals surface area contributed by atoms with E-state index in [0.29, 0.717) is 30.5 Å². The molecule has 0 aromatic carbocycles. The minimum Gasteiger partial charge on any atom is -0.342 e. The first kappa shape index (κ1) is 7.77. The van der Waals surface area contributed by atoms with Crippen molar-refractivity contribution in [3.63, 3.8) is 0 Å². The number of ketones is 1. The van der Waals surface area contributed by atoms with Crippen molar-refractivity contribution in [1.29, 1.82) is 0 Å². The van der Waals surface area contributed by atoms with Crippen LogP contribution in [-0.2, 0) is 9.59 Å². The van der Waals surface area contributed by atoms with E-state index in [1.54, 1.807) is 6.92 Å². The molecule has 1 saturated carbocycles. The molecule has 2 atom stereocenters. The highest BCUT2D eigenvalue weighted by atomic mass is 16.2. The van der Waals surface area contributed by atoms with Crippen molar-refractivity contribution < 1.29 is 9.59 Å². The summed E-state index contributed by atoms with van der Waals surface area (Å²) in [6.45, 7) is 3.22. The third-order valence-corrected chi connectivity index (χ3v) is 3.00. The molecule has 1 aliphatic carbocycles. The number of hydrogen-bond donors (Lipinski definition) is 0. The number of hydrogen-bond acceptors (Lipinski definition) is 2. The zero-order valence-electron chi connectivity index (χ0n) is 7.25. The van der Waals surface area contributed by atoms with Crippen LogP contribution in [0.15, 0.2) is 0 Å². The van der Waals surface area contributed by atoms with Crippen molar-refractivity contribution in [2.75, 3.05) is 13.1 Å². The topological polar surface area (TPSA) is 37.4 Å². The van der Waals surface area contributed by atoms with Crippen LogP contribution < -0.4 is 0 Å². The molecule has 66 valence electrons. The molecule has 0 bridgehead atoms. The summed E-state index contributed by atoms with van der Waals surface area (Å²) in [5, 5.41) is 0. The Morgan fingerprint density at radius 1 is 1.33 bits per heavy atom. The first-order chi connectivity index (χ1) is 5.66. The number of amides is 1. The molecule has 12 heavy (non-hydrogen) atoms. The number of fused-ring (bicyclic) bond motifs is 1. The molecule has 0 spiro atoms. The molecule has 2 fully saturated rings. The number of rotatable bonds is 0. The summed E-state index contributed by atoms with van der Waals surface area (Å²) in [5.74, 6) is 1.48. The maximum absolute atomic E-state index is 11.0. The Hall–Kier alpha value is -0.860. The quantitative estimate of drug-likeness (QED) is 0.525. The molecule has 0 aromatic rings. The van der Waals surface area contributed by atoms with Crippen molar-refractivity contribution in [3.8, 4) is 0 Å². The van der Waals surface area contributed by atoms with Crippen LogP contribution in [0.4, 0.5) is 0 Å². The average molecular weight is 167 g/mol. The Morgan fingerprint density at radius 3 is 2.25 bits per heavy atom. The van der Waals surface area contributed by atoms with Gasteiger partial charge in [0.25, 0.3) is 0 Å². The molecule has 1 aliphatic heterocycles. The molecule has 1 heterocycles. The fourth-order valence-electron chi connectivity index (χ4n) is 2.33. The minimum absolute atomic E-state index is 0.150. The van der Waals surface area contributed by atoms with Crippen LogP contribution in [0, 0.1) is 11.8 Å². The van der Waals surface area contributed by atoms with Crippen LogP contribution in [0.3, 0.4) is 0 Å². The predicted octanol–water partition coefficient (Wildman–Crippen LogP) is 0.444. The summed E-state index contributed by atoms with van der Waals surface area (Å²) in [6, 6.07) is 0. The number of carbonyl (C=O) groups is 2. The predicted molar refractivity (Wildman–Crippen MR) is 43.5 cm³/mol. The Balaban J connectivity index is 2.02. The van der Waals surface area contributed by atoms with Crippen LogP contribution in [0.25, 0.3) is 0 Å². The van der Waals surface area contributed by atoms with Gasteiger partial charge in [-0.1, -0.05) is 0 Å². The summed E-state index contributed by atoms with van der Waals surface area (Å²) in [7, 11) is 0. The van der Waals surface area contributed by atoms with Gasteiger partial charge in [0.05, 0.1) is 0 Å². The summed E-state index contributed by atoms with van der Waals surface area (Å²) in [5.41, 5.74) is 0. The fourth-order valence-corrected chi connectivity index (χ4v) is 2.33. The van der Waals surface area contributed by atoms with Gasteiger partial charge in [-0.15, -0.1) is 0 Å². The lowest BCUT2D eigenvalue weighted by molar-refractivity contribution is -0.128. The lowest BCUT2D eigenvalue weighted by atomic mass is 10.0. The Kier molecular flexibility index (Phi) is 1.67. The van der Waals surface area contributed by atoms with Crippen LogP contribution in [0.2, 0.25) is 0 Å². The second-order valence-electron chi connectivity index (χ2n) is 3.89. The largest absolute Gasteiger partial charge is 0.342 e. The minimum atomic E-state index is 0.150. The molecular formula is C9H13NO2.